The smallest absolute Gasteiger partial charge is 0.337 e. The predicted molar refractivity (Wildman–Crippen MR) is 91.7 cm³/mol. The van der Waals surface area contributed by atoms with E-state index in [0.717, 1.165) is 5.56 Å². The van der Waals surface area contributed by atoms with Gasteiger partial charge < -0.3 is 9.47 Å². The third-order valence-electron chi connectivity index (χ3n) is 3.34. The van der Waals surface area contributed by atoms with Crippen LogP contribution in [0.25, 0.3) is 10.9 Å². The van der Waals surface area contributed by atoms with Gasteiger partial charge in [0, 0.05) is 5.02 Å². The number of ether oxygens (including phenoxy) is 2. The van der Waals surface area contributed by atoms with E-state index in [1.165, 1.54) is 13.4 Å². The Balaban J connectivity index is 1.88. The number of halogens is 2. The highest BCUT2D eigenvalue weighted by atomic mass is 35.5. The van der Waals surface area contributed by atoms with Crippen LogP contribution < -0.4 is 4.74 Å². The SMILES string of the molecule is COC(=O)c1cccc(COc2ncnc3c(Cl)cc(Cl)cc23)c1. The van der Waals surface area contributed by atoms with Crippen LogP contribution >= 0.6 is 23.2 Å². The van der Waals surface area contributed by atoms with Crippen molar-refractivity contribution >= 4 is 40.1 Å². The number of hydrogen-bond donors (Lipinski definition) is 0. The summed E-state index contributed by atoms with van der Waals surface area (Å²) >= 11 is 12.2. The average molecular weight is 363 g/mol. The van der Waals surface area contributed by atoms with Gasteiger partial charge in [-0.2, -0.15) is 0 Å². The molecule has 0 aliphatic heterocycles. The number of carbonyl (C=O) groups excluding carboxylic acids is 1. The predicted octanol–water partition coefficient (Wildman–Crippen LogP) is 4.30. The summed E-state index contributed by atoms with van der Waals surface area (Å²) in [7, 11) is 1.34. The topological polar surface area (TPSA) is 61.3 Å². The minimum atomic E-state index is -0.400. The third-order valence-corrected chi connectivity index (χ3v) is 3.85. The summed E-state index contributed by atoms with van der Waals surface area (Å²) in [5.74, 6) is -0.0317. The Morgan fingerprint density at radius 2 is 2.00 bits per heavy atom. The van der Waals surface area contributed by atoms with Crippen LogP contribution in [0, 0.1) is 0 Å². The van der Waals surface area contributed by atoms with Gasteiger partial charge in [0.25, 0.3) is 0 Å². The highest BCUT2D eigenvalue weighted by molar-refractivity contribution is 6.38. The quantitative estimate of drug-likeness (QED) is 0.647. The molecule has 3 rings (SSSR count). The van der Waals surface area contributed by atoms with Gasteiger partial charge in [0.2, 0.25) is 5.88 Å². The Bertz CT molecular complexity index is 915. The Morgan fingerprint density at radius 1 is 1.17 bits per heavy atom. The van der Waals surface area contributed by atoms with Crippen LogP contribution in [0.3, 0.4) is 0 Å². The second-order valence-electron chi connectivity index (χ2n) is 4.94. The van der Waals surface area contributed by atoms with Crippen LogP contribution in [0.15, 0.2) is 42.7 Å². The maximum absolute atomic E-state index is 11.6. The molecule has 0 saturated heterocycles. The number of esters is 1. The number of rotatable bonds is 4. The van der Waals surface area contributed by atoms with Crippen molar-refractivity contribution in [2.45, 2.75) is 6.61 Å². The fourth-order valence-corrected chi connectivity index (χ4v) is 2.78. The Kier molecular flexibility index (Phi) is 4.83. The number of benzene rings is 2. The molecule has 1 heterocycles. The zero-order valence-corrected chi connectivity index (χ0v) is 14.1. The molecule has 7 heteroatoms. The van der Waals surface area contributed by atoms with Crippen LogP contribution in [0.4, 0.5) is 0 Å². The summed E-state index contributed by atoms with van der Waals surface area (Å²) < 4.78 is 10.5. The van der Waals surface area contributed by atoms with E-state index in [-0.39, 0.29) is 6.61 Å². The minimum absolute atomic E-state index is 0.223. The summed E-state index contributed by atoms with van der Waals surface area (Å²) in [5, 5.41) is 1.52. The van der Waals surface area contributed by atoms with Gasteiger partial charge in [-0.15, -0.1) is 0 Å². The lowest BCUT2D eigenvalue weighted by Gasteiger charge is -2.09. The fraction of sp³-hybridized carbons (Fsp3) is 0.118. The maximum Gasteiger partial charge on any atom is 0.337 e. The number of methoxy groups -OCH3 is 1. The van der Waals surface area contributed by atoms with E-state index in [4.69, 9.17) is 32.7 Å². The number of hydrogen-bond acceptors (Lipinski definition) is 5. The van der Waals surface area contributed by atoms with Crippen molar-refractivity contribution in [3.63, 3.8) is 0 Å². The summed E-state index contributed by atoms with van der Waals surface area (Å²) in [4.78, 5) is 19.9. The first-order valence-corrected chi connectivity index (χ1v) is 7.74. The molecule has 0 atom stereocenters. The molecule has 3 aromatic rings. The van der Waals surface area contributed by atoms with E-state index in [2.05, 4.69) is 9.97 Å². The molecule has 1 aromatic heterocycles. The monoisotopic (exact) mass is 362 g/mol. The molecule has 0 spiro atoms. The lowest BCUT2D eigenvalue weighted by Crippen LogP contribution is -2.04. The number of carbonyl (C=O) groups is 1. The molecular formula is C17H12Cl2N2O3. The molecule has 0 radical (unpaired) electrons. The second kappa shape index (κ2) is 7.03. The van der Waals surface area contributed by atoms with Gasteiger partial charge in [-0.1, -0.05) is 35.3 Å². The van der Waals surface area contributed by atoms with Crippen LogP contribution in [0.1, 0.15) is 15.9 Å². The van der Waals surface area contributed by atoms with Gasteiger partial charge in [-0.05, 0) is 29.8 Å². The van der Waals surface area contributed by atoms with Crippen LogP contribution in [0.5, 0.6) is 5.88 Å². The molecular weight excluding hydrogens is 351 g/mol. The summed E-state index contributed by atoms with van der Waals surface area (Å²) in [6.07, 6.45) is 1.38. The molecule has 0 N–H and O–H groups in total. The van der Waals surface area contributed by atoms with Gasteiger partial charge in [0.05, 0.1) is 28.6 Å². The molecule has 0 amide bonds. The van der Waals surface area contributed by atoms with Crippen molar-refractivity contribution in [3.05, 3.63) is 63.9 Å². The third kappa shape index (κ3) is 3.42. The van der Waals surface area contributed by atoms with E-state index >= 15 is 0 Å². The van der Waals surface area contributed by atoms with E-state index < -0.39 is 5.97 Å². The molecule has 5 nitrogen and oxygen atoms in total. The largest absolute Gasteiger partial charge is 0.472 e. The van der Waals surface area contributed by atoms with E-state index in [1.54, 1.807) is 30.3 Å². The average Bonchev–Trinajstić information content (AvgIpc) is 2.59. The normalized spacial score (nSPS) is 10.6. The highest BCUT2D eigenvalue weighted by Gasteiger charge is 2.11. The second-order valence-corrected chi connectivity index (χ2v) is 5.79. The van der Waals surface area contributed by atoms with Gasteiger partial charge in [0.15, 0.2) is 0 Å². The minimum Gasteiger partial charge on any atom is -0.472 e. The summed E-state index contributed by atoms with van der Waals surface area (Å²) in [6, 6.07) is 10.3. The van der Waals surface area contributed by atoms with Gasteiger partial charge in [-0.25, -0.2) is 14.8 Å². The first-order valence-electron chi connectivity index (χ1n) is 6.98. The summed E-state index contributed by atoms with van der Waals surface area (Å²) in [5.41, 5.74) is 1.82. The van der Waals surface area contributed by atoms with Crippen LogP contribution in [0.2, 0.25) is 10.0 Å². The lowest BCUT2D eigenvalue weighted by atomic mass is 10.1. The number of nitrogens with zero attached hydrogens (tertiary/aromatic N) is 2. The van der Waals surface area contributed by atoms with Crippen molar-refractivity contribution in [3.8, 4) is 5.88 Å². The summed E-state index contributed by atoms with van der Waals surface area (Å²) in [6.45, 7) is 0.223. The standard InChI is InChI=1S/C17H12Cl2N2O3/c1-23-17(22)11-4-2-3-10(5-11)8-24-16-13-6-12(18)7-14(19)15(13)20-9-21-16/h2-7,9H,8H2,1H3. The zero-order chi connectivity index (χ0) is 17.1. The first kappa shape index (κ1) is 16.5. The number of fused-ring (bicyclic) bond motifs is 1. The molecule has 0 aliphatic carbocycles. The highest BCUT2D eigenvalue weighted by Crippen LogP contribution is 2.31. The van der Waals surface area contributed by atoms with Gasteiger partial charge in [-0.3, -0.25) is 0 Å². The fourth-order valence-electron chi connectivity index (χ4n) is 2.24. The molecule has 0 aliphatic rings. The van der Waals surface area contributed by atoms with Crippen LogP contribution in [-0.2, 0) is 11.3 Å². The zero-order valence-electron chi connectivity index (χ0n) is 12.6. The molecule has 2 aromatic carbocycles. The molecule has 24 heavy (non-hydrogen) atoms. The Morgan fingerprint density at radius 3 is 2.79 bits per heavy atom. The molecule has 0 saturated carbocycles. The Labute approximate surface area is 148 Å². The van der Waals surface area contributed by atoms with E-state index in [9.17, 15) is 4.79 Å². The van der Waals surface area contributed by atoms with E-state index in [0.29, 0.717) is 32.4 Å². The van der Waals surface area contributed by atoms with E-state index in [1.807, 2.05) is 6.07 Å². The van der Waals surface area contributed by atoms with Crippen LogP contribution in [-0.4, -0.2) is 23.0 Å². The first-order chi connectivity index (χ1) is 11.6. The van der Waals surface area contributed by atoms with Crippen molar-refractivity contribution < 1.29 is 14.3 Å². The molecule has 0 bridgehead atoms. The Hall–Kier alpha value is -2.37. The van der Waals surface area contributed by atoms with Gasteiger partial charge >= 0.3 is 5.97 Å². The molecule has 122 valence electrons. The van der Waals surface area contributed by atoms with Crippen molar-refractivity contribution in [2.24, 2.45) is 0 Å². The van der Waals surface area contributed by atoms with Crippen molar-refractivity contribution in [2.75, 3.05) is 7.11 Å². The van der Waals surface area contributed by atoms with Crippen molar-refractivity contribution in [1.82, 2.24) is 9.97 Å². The number of aromatic nitrogens is 2. The van der Waals surface area contributed by atoms with Crippen molar-refractivity contribution in [1.29, 1.82) is 0 Å². The maximum atomic E-state index is 11.6. The lowest BCUT2D eigenvalue weighted by molar-refractivity contribution is 0.0600. The van der Waals surface area contributed by atoms with Gasteiger partial charge in [0.1, 0.15) is 12.9 Å². The molecule has 0 fully saturated rings. The molecule has 0 unspecified atom stereocenters.